The molecule has 0 aliphatic heterocycles. The van der Waals surface area contributed by atoms with E-state index in [-0.39, 0.29) is 11.0 Å². The summed E-state index contributed by atoms with van der Waals surface area (Å²) in [6.07, 6.45) is 4.77. The summed E-state index contributed by atoms with van der Waals surface area (Å²) < 4.78 is 9.06. The third-order valence-electron chi connectivity index (χ3n) is 5.15. The van der Waals surface area contributed by atoms with Crippen molar-refractivity contribution in [1.29, 1.82) is 0 Å². The van der Waals surface area contributed by atoms with Gasteiger partial charge in [-0.15, -0.1) is 0 Å². The van der Waals surface area contributed by atoms with Crippen LogP contribution >= 0.6 is 0 Å². The van der Waals surface area contributed by atoms with Gasteiger partial charge in [-0.2, -0.15) is 10.1 Å². The molecule has 0 N–H and O–H groups in total. The van der Waals surface area contributed by atoms with E-state index in [1.807, 2.05) is 4.68 Å². The number of pyridine rings is 1. The van der Waals surface area contributed by atoms with Crippen LogP contribution < -0.4 is 5.56 Å². The van der Waals surface area contributed by atoms with Gasteiger partial charge in [-0.25, -0.2) is 0 Å². The van der Waals surface area contributed by atoms with Gasteiger partial charge >= 0.3 is 0 Å². The Morgan fingerprint density at radius 2 is 2.15 bits per heavy atom. The highest BCUT2D eigenvalue weighted by molar-refractivity contribution is 5.60. The molecule has 7 nitrogen and oxygen atoms in total. The number of aryl methyl sites for hydroxylation is 2. The second kappa shape index (κ2) is 5.93. The zero-order valence-electron chi connectivity index (χ0n) is 15.6. The van der Waals surface area contributed by atoms with Crippen LogP contribution in [0.25, 0.3) is 23.0 Å². The quantitative estimate of drug-likeness (QED) is 0.723. The molecule has 3 aromatic heterocycles. The Morgan fingerprint density at radius 1 is 1.35 bits per heavy atom. The lowest BCUT2D eigenvalue weighted by atomic mass is 9.76. The molecule has 0 atom stereocenters. The monoisotopic (exact) mass is 353 g/mol. The predicted octanol–water partition coefficient (Wildman–Crippen LogP) is 2.83. The number of nitrogens with zero attached hydrogens (tertiary/aromatic N) is 5. The first-order valence-corrected chi connectivity index (χ1v) is 8.97. The van der Waals surface area contributed by atoms with Crippen LogP contribution in [0, 0.1) is 5.41 Å². The molecule has 0 radical (unpaired) electrons. The zero-order chi connectivity index (χ0) is 18.5. The fourth-order valence-electron chi connectivity index (χ4n) is 3.56. The molecule has 26 heavy (non-hydrogen) atoms. The molecule has 0 bridgehead atoms. The van der Waals surface area contributed by atoms with Crippen LogP contribution in [-0.2, 0) is 26.4 Å². The molecule has 136 valence electrons. The molecule has 0 amide bonds. The van der Waals surface area contributed by atoms with E-state index in [1.165, 1.54) is 21.9 Å². The third-order valence-corrected chi connectivity index (χ3v) is 5.15. The van der Waals surface area contributed by atoms with Crippen molar-refractivity contribution in [2.24, 2.45) is 12.5 Å². The number of hydrogen-bond acceptors (Lipinski definition) is 5. The summed E-state index contributed by atoms with van der Waals surface area (Å²) in [7, 11) is 1.71. The predicted molar refractivity (Wildman–Crippen MR) is 97.7 cm³/mol. The highest BCUT2D eigenvalue weighted by atomic mass is 16.5. The van der Waals surface area contributed by atoms with Crippen LogP contribution in [0.3, 0.4) is 0 Å². The van der Waals surface area contributed by atoms with Crippen LogP contribution in [0.5, 0.6) is 0 Å². The summed E-state index contributed by atoms with van der Waals surface area (Å²) in [4.78, 5) is 16.4. The fraction of sp³-hybridized carbons (Fsp3) is 0.474. The minimum Gasteiger partial charge on any atom is -0.332 e. The lowest BCUT2D eigenvalue weighted by Gasteiger charge is -2.30. The van der Waals surface area contributed by atoms with Gasteiger partial charge in [-0.05, 0) is 37.7 Å². The minimum atomic E-state index is -0.108. The second-order valence-electron chi connectivity index (χ2n) is 7.72. The maximum Gasteiger partial charge on any atom is 0.279 e. The Kier molecular flexibility index (Phi) is 3.82. The molecule has 0 fully saturated rings. The summed E-state index contributed by atoms with van der Waals surface area (Å²) in [6.45, 7) is 7.50. The van der Waals surface area contributed by atoms with Crippen LogP contribution in [0.4, 0.5) is 0 Å². The van der Waals surface area contributed by atoms with Crippen LogP contribution in [0.2, 0.25) is 0 Å². The molecule has 0 saturated carbocycles. The molecule has 1 aliphatic carbocycles. The van der Waals surface area contributed by atoms with Gasteiger partial charge in [-0.1, -0.05) is 19.0 Å². The van der Waals surface area contributed by atoms with Gasteiger partial charge in [0.2, 0.25) is 5.82 Å². The van der Waals surface area contributed by atoms with Crippen LogP contribution in [0.1, 0.15) is 38.4 Å². The van der Waals surface area contributed by atoms with Crippen LogP contribution in [-0.4, -0.2) is 24.5 Å². The first kappa shape index (κ1) is 16.8. The van der Waals surface area contributed by atoms with Gasteiger partial charge in [0, 0.05) is 42.7 Å². The lowest BCUT2D eigenvalue weighted by molar-refractivity contribution is 0.304. The van der Waals surface area contributed by atoms with Crippen molar-refractivity contribution in [2.45, 2.75) is 46.6 Å². The number of hydrogen-bond donors (Lipinski definition) is 0. The maximum atomic E-state index is 11.8. The highest BCUT2D eigenvalue weighted by Gasteiger charge is 2.32. The lowest BCUT2D eigenvalue weighted by Crippen LogP contribution is -2.24. The Labute approximate surface area is 151 Å². The van der Waals surface area contributed by atoms with Crippen molar-refractivity contribution in [3.63, 3.8) is 0 Å². The molecular formula is C19H23N5O2. The van der Waals surface area contributed by atoms with E-state index < -0.39 is 0 Å². The summed E-state index contributed by atoms with van der Waals surface area (Å²) in [5, 5.41) is 8.80. The standard InChI is InChI=1S/C19H23N5O2/c1-5-24-14-11-19(2,3)8-6-13(14)16(21-24)18-20-17(22-26-18)12-7-9-23(4)15(25)10-12/h7,9-10H,5-6,8,11H2,1-4H3. The van der Waals surface area contributed by atoms with E-state index in [4.69, 9.17) is 9.62 Å². The first-order chi connectivity index (χ1) is 12.4. The SMILES string of the molecule is CCn1nc(-c2nc(-c3ccn(C)c(=O)c3)no2)c2c1CC(C)(C)CC2. The van der Waals surface area contributed by atoms with Crippen molar-refractivity contribution in [2.75, 3.05) is 0 Å². The Morgan fingerprint density at radius 3 is 2.88 bits per heavy atom. The van der Waals surface area contributed by atoms with Crippen molar-refractivity contribution >= 4 is 0 Å². The second-order valence-corrected chi connectivity index (χ2v) is 7.72. The number of aromatic nitrogens is 5. The largest absolute Gasteiger partial charge is 0.332 e. The minimum absolute atomic E-state index is 0.108. The van der Waals surface area contributed by atoms with E-state index in [0.29, 0.717) is 17.3 Å². The molecule has 7 heteroatoms. The molecular weight excluding hydrogens is 330 g/mol. The maximum absolute atomic E-state index is 11.8. The molecule has 1 aliphatic rings. The summed E-state index contributed by atoms with van der Waals surface area (Å²) >= 11 is 0. The Bertz CT molecular complexity index is 1020. The van der Waals surface area contributed by atoms with Gasteiger partial charge in [-0.3, -0.25) is 9.48 Å². The first-order valence-electron chi connectivity index (χ1n) is 8.97. The molecule has 0 spiro atoms. The molecule has 4 rings (SSSR count). The fourth-order valence-corrected chi connectivity index (χ4v) is 3.56. The average Bonchev–Trinajstić information content (AvgIpc) is 3.20. The Balaban J connectivity index is 1.76. The topological polar surface area (TPSA) is 78.7 Å². The van der Waals surface area contributed by atoms with E-state index >= 15 is 0 Å². The smallest absolute Gasteiger partial charge is 0.279 e. The molecule has 0 unspecified atom stereocenters. The number of fused-ring (bicyclic) bond motifs is 1. The number of rotatable bonds is 3. The molecule has 3 aromatic rings. The van der Waals surface area contributed by atoms with Gasteiger partial charge < -0.3 is 9.09 Å². The average molecular weight is 353 g/mol. The summed E-state index contributed by atoms with van der Waals surface area (Å²) in [5.41, 5.74) is 4.08. The van der Waals surface area contributed by atoms with E-state index in [1.54, 1.807) is 19.3 Å². The van der Waals surface area contributed by atoms with Crippen molar-refractivity contribution in [3.05, 3.63) is 39.9 Å². The van der Waals surface area contributed by atoms with Gasteiger partial charge in [0.25, 0.3) is 11.4 Å². The molecule has 0 saturated heterocycles. The van der Waals surface area contributed by atoms with Crippen molar-refractivity contribution < 1.29 is 4.52 Å². The van der Waals surface area contributed by atoms with E-state index in [9.17, 15) is 4.79 Å². The van der Waals surface area contributed by atoms with Gasteiger partial charge in [0.05, 0.1) is 0 Å². The Hall–Kier alpha value is -2.70. The molecule has 0 aromatic carbocycles. The van der Waals surface area contributed by atoms with Gasteiger partial charge in [0.1, 0.15) is 0 Å². The third kappa shape index (κ3) is 2.77. The van der Waals surface area contributed by atoms with E-state index in [2.05, 4.69) is 30.9 Å². The van der Waals surface area contributed by atoms with Gasteiger partial charge in [0.15, 0.2) is 5.69 Å². The summed E-state index contributed by atoms with van der Waals surface area (Å²) in [5.74, 6) is 0.831. The van der Waals surface area contributed by atoms with E-state index in [0.717, 1.165) is 31.5 Å². The normalized spacial score (nSPS) is 15.8. The van der Waals surface area contributed by atoms with Crippen molar-refractivity contribution in [1.82, 2.24) is 24.5 Å². The molecule has 3 heterocycles. The highest BCUT2D eigenvalue weighted by Crippen LogP contribution is 2.38. The van der Waals surface area contributed by atoms with Crippen molar-refractivity contribution in [3.8, 4) is 23.0 Å². The summed E-state index contributed by atoms with van der Waals surface area (Å²) in [6, 6.07) is 3.32. The zero-order valence-corrected chi connectivity index (χ0v) is 15.6. The van der Waals surface area contributed by atoms with Crippen LogP contribution in [0.15, 0.2) is 27.6 Å².